The van der Waals surface area contributed by atoms with Crippen molar-refractivity contribution in [2.45, 2.75) is 32.4 Å². The molecule has 0 radical (unpaired) electrons. The average Bonchev–Trinajstić information content (AvgIpc) is 2.84. The second-order valence-corrected chi connectivity index (χ2v) is 4.75. The minimum Gasteiger partial charge on any atom is -0.481 e. The number of likely N-dealkylation sites (tertiary alicyclic amines) is 1. The van der Waals surface area contributed by atoms with Crippen LogP contribution in [0, 0.1) is 0 Å². The van der Waals surface area contributed by atoms with E-state index in [1.54, 1.807) is 13.3 Å². The Balaban J connectivity index is 1.99. The lowest BCUT2D eigenvalue weighted by molar-refractivity contribution is 0.236. The van der Waals surface area contributed by atoms with Crippen LogP contribution in [0.25, 0.3) is 0 Å². The summed E-state index contributed by atoms with van der Waals surface area (Å²) in [6.07, 6.45) is 4.36. The zero-order valence-electron chi connectivity index (χ0n) is 11.4. The third kappa shape index (κ3) is 3.21. The van der Waals surface area contributed by atoms with Crippen LogP contribution in [-0.4, -0.2) is 42.7 Å². The van der Waals surface area contributed by atoms with E-state index in [1.807, 2.05) is 6.07 Å². The maximum atomic E-state index is 5.32. The number of nitrogens with zero attached hydrogens (tertiary/aromatic N) is 2. The Labute approximate surface area is 109 Å². The molecule has 1 atom stereocenters. The van der Waals surface area contributed by atoms with E-state index in [1.165, 1.54) is 24.9 Å². The molecule has 2 heterocycles. The number of ether oxygens (including phenoxy) is 1. The molecule has 4 heteroatoms. The summed E-state index contributed by atoms with van der Waals surface area (Å²) in [6, 6.07) is 4.73. The van der Waals surface area contributed by atoms with Crippen molar-refractivity contribution < 1.29 is 4.74 Å². The van der Waals surface area contributed by atoms with Crippen LogP contribution in [-0.2, 0) is 6.54 Å². The molecule has 1 N–H and O–H groups in total. The molecule has 4 nitrogen and oxygen atoms in total. The molecule has 1 aliphatic heterocycles. The molecule has 18 heavy (non-hydrogen) atoms. The minimum atomic E-state index is 0.648. The highest BCUT2D eigenvalue weighted by Gasteiger charge is 2.24. The van der Waals surface area contributed by atoms with E-state index in [4.69, 9.17) is 4.74 Å². The second-order valence-electron chi connectivity index (χ2n) is 4.75. The minimum absolute atomic E-state index is 0.648. The van der Waals surface area contributed by atoms with Gasteiger partial charge in [0.25, 0.3) is 0 Å². The van der Waals surface area contributed by atoms with Crippen LogP contribution in [0.5, 0.6) is 5.88 Å². The van der Waals surface area contributed by atoms with Gasteiger partial charge in [-0.15, -0.1) is 0 Å². The van der Waals surface area contributed by atoms with Crippen molar-refractivity contribution in [3.05, 3.63) is 23.9 Å². The lowest BCUT2D eigenvalue weighted by Gasteiger charge is -2.25. The molecule has 1 aromatic rings. The van der Waals surface area contributed by atoms with Crippen molar-refractivity contribution in [3.63, 3.8) is 0 Å². The Kier molecular flexibility index (Phi) is 4.96. The molecule has 0 aromatic carbocycles. The van der Waals surface area contributed by atoms with Crippen molar-refractivity contribution in [2.24, 2.45) is 0 Å². The zero-order valence-corrected chi connectivity index (χ0v) is 11.4. The molecule has 2 rings (SSSR count). The van der Waals surface area contributed by atoms with Gasteiger partial charge < -0.3 is 10.1 Å². The average molecular weight is 249 g/mol. The standard InChI is InChI=1S/C14H23N3O/c1-3-15-10-13-7-5-9-17(13)11-12-6-4-8-16-14(12)18-2/h4,6,8,13,15H,3,5,7,9-11H2,1-2H3. The lowest BCUT2D eigenvalue weighted by Crippen LogP contribution is -2.37. The monoisotopic (exact) mass is 249 g/mol. The predicted molar refractivity (Wildman–Crippen MR) is 72.8 cm³/mol. The van der Waals surface area contributed by atoms with Gasteiger partial charge in [-0.1, -0.05) is 13.0 Å². The fourth-order valence-corrected chi connectivity index (χ4v) is 2.59. The molecule has 1 fully saturated rings. The number of likely N-dealkylation sites (N-methyl/N-ethyl adjacent to an activating group) is 1. The van der Waals surface area contributed by atoms with Crippen molar-refractivity contribution in [1.82, 2.24) is 15.2 Å². The van der Waals surface area contributed by atoms with Gasteiger partial charge in [0, 0.05) is 30.9 Å². The molecule has 0 amide bonds. The molecule has 0 saturated carbocycles. The van der Waals surface area contributed by atoms with Crippen LogP contribution in [0.15, 0.2) is 18.3 Å². The Morgan fingerprint density at radius 1 is 1.56 bits per heavy atom. The van der Waals surface area contributed by atoms with Gasteiger partial charge in [0.15, 0.2) is 0 Å². The zero-order chi connectivity index (χ0) is 12.8. The predicted octanol–water partition coefficient (Wildman–Crippen LogP) is 1.66. The van der Waals surface area contributed by atoms with Crippen molar-refractivity contribution >= 4 is 0 Å². The van der Waals surface area contributed by atoms with Crippen molar-refractivity contribution in [3.8, 4) is 5.88 Å². The van der Waals surface area contributed by atoms with Crippen LogP contribution in [0.2, 0.25) is 0 Å². The summed E-state index contributed by atoms with van der Waals surface area (Å²) in [5.74, 6) is 0.756. The number of pyridine rings is 1. The molecule has 1 aliphatic rings. The van der Waals surface area contributed by atoms with Gasteiger partial charge in [0.2, 0.25) is 5.88 Å². The highest BCUT2D eigenvalue weighted by molar-refractivity contribution is 5.25. The van der Waals surface area contributed by atoms with E-state index in [0.29, 0.717) is 6.04 Å². The second kappa shape index (κ2) is 6.71. The largest absolute Gasteiger partial charge is 0.481 e. The van der Waals surface area contributed by atoms with Crippen molar-refractivity contribution in [1.29, 1.82) is 0 Å². The quantitative estimate of drug-likeness (QED) is 0.832. The highest BCUT2D eigenvalue weighted by atomic mass is 16.5. The maximum Gasteiger partial charge on any atom is 0.217 e. The summed E-state index contributed by atoms with van der Waals surface area (Å²) in [6.45, 7) is 6.39. The third-order valence-electron chi connectivity index (χ3n) is 3.55. The number of hydrogen-bond donors (Lipinski definition) is 1. The number of nitrogens with one attached hydrogen (secondary N) is 1. The fourth-order valence-electron chi connectivity index (χ4n) is 2.59. The molecule has 0 bridgehead atoms. The molecule has 1 aromatic heterocycles. The van der Waals surface area contributed by atoms with Gasteiger partial charge in [-0.3, -0.25) is 4.90 Å². The Morgan fingerprint density at radius 3 is 3.22 bits per heavy atom. The first kappa shape index (κ1) is 13.3. The molecule has 1 unspecified atom stereocenters. The van der Waals surface area contributed by atoms with Crippen LogP contribution < -0.4 is 10.1 Å². The smallest absolute Gasteiger partial charge is 0.217 e. The van der Waals surface area contributed by atoms with E-state index < -0.39 is 0 Å². The molecule has 100 valence electrons. The molecule has 0 aliphatic carbocycles. The summed E-state index contributed by atoms with van der Waals surface area (Å²) in [5.41, 5.74) is 1.18. The summed E-state index contributed by atoms with van der Waals surface area (Å²) < 4.78 is 5.32. The van der Waals surface area contributed by atoms with Crippen LogP contribution >= 0.6 is 0 Å². The first-order valence-corrected chi connectivity index (χ1v) is 6.77. The van der Waals surface area contributed by atoms with Gasteiger partial charge in [0.1, 0.15) is 0 Å². The molecular formula is C14H23N3O. The Bertz CT molecular complexity index is 370. The van der Waals surface area contributed by atoms with Gasteiger partial charge in [0.05, 0.1) is 7.11 Å². The van der Waals surface area contributed by atoms with Crippen LogP contribution in [0.1, 0.15) is 25.3 Å². The highest BCUT2D eigenvalue weighted by Crippen LogP contribution is 2.23. The van der Waals surface area contributed by atoms with Gasteiger partial charge in [-0.2, -0.15) is 0 Å². The Hall–Kier alpha value is -1.13. The van der Waals surface area contributed by atoms with Gasteiger partial charge >= 0.3 is 0 Å². The van der Waals surface area contributed by atoms with E-state index >= 15 is 0 Å². The summed E-state index contributed by atoms with van der Waals surface area (Å²) in [4.78, 5) is 6.79. The van der Waals surface area contributed by atoms with E-state index in [9.17, 15) is 0 Å². The van der Waals surface area contributed by atoms with Crippen molar-refractivity contribution in [2.75, 3.05) is 26.7 Å². The SMILES string of the molecule is CCNCC1CCCN1Cc1cccnc1OC. The molecule has 1 saturated heterocycles. The van der Waals surface area contributed by atoms with Crippen LogP contribution in [0.4, 0.5) is 0 Å². The lowest BCUT2D eigenvalue weighted by atomic mass is 10.2. The number of rotatable bonds is 6. The Morgan fingerprint density at radius 2 is 2.44 bits per heavy atom. The van der Waals surface area contributed by atoms with E-state index in [0.717, 1.165) is 25.5 Å². The normalized spacial score (nSPS) is 20.2. The van der Waals surface area contributed by atoms with Gasteiger partial charge in [-0.05, 0) is 32.0 Å². The maximum absolute atomic E-state index is 5.32. The number of hydrogen-bond acceptors (Lipinski definition) is 4. The van der Waals surface area contributed by atoms with Crippen LogP contribution in [0.3, 0.4) is 0 Å². The summed E-state index contributed by atoms with van der Waals surface area (Å²) in [5, 5.41) is 3.45. The molecule has 0 spiro atoms. The number of aromatic nitrogens is 1. The summed E-state index contributed by atoms with van der Waals surface area (Å²) >= 11 is 0. The fraction of sp³-hybridized carbons (Fsp3) is 0.643. The third-order valence-corrected chi connectivity index (χ3v) is 3.55. The van der Waals surface area contributed by atoms with E-state index in [2.05, 4.69) is 28.2 Å². The first-order chi connectivity index (χ1) is 8.85. The topological polar surface area (TPSA) is 37.4 Å². The number of methoxy groups -OCH3 is 1. The molecular weight excluding hydrogens is 226 g/mol. The summed E-state index contributed by atoms with van der Waals surface area (Å²) in [7, 11) is 1.69. The first-order valence-electron chi connectivity index (χ1n) is 6.77. The van der Waals surface area contributed by atoms with E-state index in [-0.39, 0.29) is 0 Å². The van der Waals surface area contributed by atoms with Gasteiger partial charge in [-0.25, -0.2) is 4.98 Å².